The Balaban J connectivity index is 1.66. The molecule has 0 unspecified atom stereocenters. The van der Waals surface area contributed by atoms with Crippen molar-refractivity contribution in [3.8, 4) is 5.75 Å². The molecule has 3 aromatic rings. The minimum Gasteiger partial charge on any atom is -0.497 e. The van der Waals surface area contributed by atoms with E-state index in [-0.39, 0.29) is 5.91 Å². The first-order chi connectivity index (χ1) is 13.2. The molecule has 138 valence electrons. The number of para-hydroxylation sites is 1. The average molecular weight is 361 g/mol. The third-order valence-corrected chi connectivity index (χ3v) is 4.30. The highest BCUT2D eigenvalue weighted by Crippen LogP contribution is 2.20. The Morgan fingerprint density at radius 3 is 2.59 bits per heavy atom. The van der Waals surface area contributed by atoms with Gasteiger partial charge in [0.1, 0.15) is 11.6 Å². The van der Waals surface area contributed by atoms with Crippen LogP contribution in [0.3, 0.4) is 0 Å². The minimum atomic E-state index is -0.139. The number of anilines is 2. The Labute approximate surface area is 159 Å². The van der Waals surface area contributed by atoms with E-state index in [1.54, 1.807) is 25.4 Å². The van der Waals surface area contributed by atoms with Gasteiger partial charge in [-0.05, 0) is 47.9 Å². The maximum Gasteiger partial charge on any atom is 0.251 e. The van der Waals surface area contributed by atoms with Gasteiger partial charge in [0.25, 0.3) is 5.91 Å². The number of pyridine rings is 1. The Morgan fingerprint density at radius 1 is 1.07 bits per heavy atom. The predicted octanol–water partition coefficient (Wildman–Crippen LogP) is 4.33. The number of carbonyl (C=O) groups excluding carboxylic acids is 1. The van der Waals surface area contributed by atoms with Crippen LogP contribution < -0.4 is 15.4 Å². The van der Waals surface area contributed by atoms with Crippen LogP contribution in [-0.4, -0.2) is 18.0 Å². The van der Waals surface area contributed by atoms with Gasteiger partial charge in [-0.25, -0.2) is 4.98 Å². The van der Waals surface area contributed by atoms with Gasteiger partial charge >= 0.3 is 0 Å². The second-order valence-corrected chi connectivity index (χ2v) is 6.10. The quantitative estimate of drug-likeness (QED) is 0.658. The molecule has 5 heteroatoms. The lowest BCUT2D eigenvalue weighted by molar-refractivity contribution is 0.0951. The molecule has 0 atom stereocenters. The van der Waals surface area contributed by atoms with E-state index in [9.17, 15) is 4.79 Å². The highest BCUT2D eigenvalue weighted by atomic mass is 16.5. The fourth-order valence-electron chi connectivity index (χ4n) is 2.76. The van der Waals surface area contributed by atoms with Gasteiger partial charge in [-0.2, -0.15) is 0 Å². The van der Waals surface area contributed by atoms with Gasteiger partial charge in [0.05, 0.1) is 7.11 Å². The first kappa shape index (κ1) is 18.5. The predicted molar refractivity (Wildman–Crippen MR) is 108 cm³/mol. The maximum atomic E-state index is 12.5. The number of aromatic nitrogens is 1. The standard InChI is InChI=1S/C22H23N3O2/c1-3-17-6-4-5-7-20(17)25-21-14-18(12-13-23-21)22(26)24-15-16-8-10-19(27-2)11-9-16/h4-14H,3,15H2,1-2H3,(H,23,25)(H,24,26). The number of benzene rings is 2. The Hall–Kier alpha value is -3.34. The minimum absolute atomic E-state index is 0.139. The summed E-state index contributed by atoms with van der Waals surface area (Å²) in [6, 6.07) is 19.2. The summed E-state index contributed by atoms with van der Waals surface area (Å²) in [5, 5.41) is 6.23. The summed E-state index contributed by atoms with van der Waals surface area (Å²) in [4.78, 5) is 16.8. The number of hydrogen-bond acceptors (Lipinski definition) is 4. The van der Waals surface area contributed by atoms with E-state index >= 15 is 0 Å². The molecule has 1 heterocycles. The fraction of sp³-hybridized carbons (Fsp3) is 0.182. The first-order valence-electron chi connectivity index (χ1n) is 8.91. The van der Waals surface area contributed by atoms with Crippen molar-refractivity contribution in [3.05, 3.63) is 83.6 Å². The molecule has 2 aromatic carbocycles. The van der Waals surface area contributed by atoms with Crippen LogP contribution in [0.2, 0.25) is 0 Å². The number of nitrogens with zero attached hydrogens (tertiary/aromatic N) is 1. The first-order valence-corrected chi connectivity index (χ1v) is 8.91. The van der Waals surface area contributed by atoms with Crippen molar-refractivity contribution in [3.63, 3.8) is 0 Å². The number of aryl methyl sites for hydroxylation is 1. The van der Waals surface area contributed by atoms with Crippen LogP contribution in [0.15, 0.2) is 66.9 Å². The largest absolute Gasteiger partial charge is 0.497 e. The highest BCUT2D eigenvalue weighted by molar-refractivity contribution is 5.94. The van der Waals surface area contributed by atoms with Crippen LogP contribution in [0.4, 0.5) is 11.5 Å². The van der Waals surface area contributed by atoms with Crippen molar-refractivity contribution in [2.45, 2.75) is 19.9 Å². The van der Waals surface area contributed by atoms with E-state index in [0.717, 1.165) is 23.4 Å². The smallest absolute Gasteiger partial charge is 0.251 e. The van der Waals surface area contributed by atoms with Gasteiger partial charge < -0.3 is 15.4 Å². The number of carbonyl (C=O) groups is 1. The third-order valence-electron chi connectivity index (χ3n) is 4.30. The van der Waals surface area contributed by atoms with E-state index in [4.69, 9.17) is 4.74 Å². The van der Waals surface area contributed by atoms with Crippen molar-refractivity contribution >= 4 is 17.4 Å². The van der Waals surface area contributed by atoms with Crippen LogP contribution in [0.25, 0.3) is 0 Å². The van der Waals surface area contributed by atoms with Crippen LogP contribution in [0, 0.1) is 0 Å². The zero-order chi connectivity index (χ0) is 19.1. The second kappa shape index (κ2) is 8.85. The van der Waals surface area contributed by atoms with Gasteiger partial charge in [-0.3, -0.25) is 4.79 Å². The average Bonchev–Trinajstić information content (AvgIpc) is 2.73. The molecule has 0 bridgehead atoms. The molecule has 0 aliphatic heterocycles. The summed E-state index contributed by atoms with van der Waals surface area (Å²) in [6.45, 7) is 2.56. The molecule has 5 nitrogen and oxygen atoms in total. The number of nitrogens with one attached hydrogen (secondary N) is 2. The molecule has 0 fully saturated rings. The Bertz CT molecular complexity index is 907. The van der Waals surface area contributed by atoms with Gasteiger partial charge in [0.15, 0.2) is 0 Å². The normalized spacial score (nSPS) is 10.3. The molecule has 0 radical (unpaired) electrons. The van der Waals surface area contributed by atoms with E-state index < -0.39 is 0 Å². The summed E-state index contributed by atoms with van der Waals surface area (Å²) in [5.41, 5.74) is 3.78. The van der Waals surface area contributed by atoms with Crippen molar-refractivity contribution < 1.29 is 9.53 Å². The third kappa shape index (κ3) is 4.85. The summed E-state index contributed by atoms with van der Waals surface area (Å²) in [5.74, 6) is 1.30. The Kier molecular flexibility index (Phi) is 6.05. The van der Waals surface area contributed by atoms with Crippen LogP contribution in [0.5, 0.6) is 5.75 Å². The molecule has 0 spiro atoms. The summed E-state index contributed by atoms with van der Waals surface area (Å²) < 4.78 is 5.14. The van der Waals surface area contributed by atoms with Gasteiger partial charge in [0.2, 0.25) is 0 Å². The highest BCUT2D eigenvalue weighted by Gasteiger charge is 2.08. The molecule has 1 amide bonds. The van der Waals surface area contributed by atoms with Crippen LogP contribution in [0.1, 0.15) is 28.4 Å². The zero-order valence-electron chi connectivity index (χ0n) is 15.5. The van der Waals surface area contributed by atoms with E-state index in [1.165, 1.54) is 5.56 Å². The maximum absolute atomic E-state index is 12.5. The monoisotopic (exact) mass is 361 g/mol. The van der Waals surface area contributed by atoms with Crippen molar-refractivity contribution in [1.82, 2.24) is 10.3 Å². The molecular formula is C22H23N3O2. The summed E-state index contributed by atoms with van der Waals surface area (Å²) in [6.07, 6.45) is 2.56. The topological polar surface area (TPSA) is 63.2 Å². The SMILES string of the molecule is CCc1ccccc1Nc1cc(C(=O)NCc2ccc(OC)cc2)ccn1. The molecule has 1 aromatic heterocycles. The molecule has 3 rings (SSSR count). The molecule has 0 saturated carbocycles. The lowest BCUT2D eigenvalue weighted by Gasteiger charge is -2.11. The molecular weight excluding hydrogens is 338 g/mol. The van der Waals surface area contributed by atoms with E-state index in [0.29, 0.717) is 17.9 Å². The zero-order valence-corrected chi connectivity index (χ0v) is 15.5. The number of ether oxygens (including phenoxy) is 1. The number of methoxy groups -OCH3 is 1. The van der Waals surface area contributed by atoms with Crippen molar-refractivity contribution in [1.29, 1.82) is 0 Å². The molecule has 0 aliphatic rings. The summed E-state index contributed by atoms with van der Waals surface area (Å²) >= 11 is 0. The number of rotatable bonds is 7. The van der Waals surface area contributed by atoms with Gasteiger partial charge in [0, 0.05) is 24.0 Å². The molecule has 0 saturated heterocycles. The number of hydrogen-bond donors (Lipinski definition) is 2. The van der Waals surface area contributed by atoms with Gasteiger partial charge in [-0.15, -0.1) is 0 Å². The lowest BCUT2D eigenvalue weighted by atomic mass is 10.1. The summed E-state index contributed by atoms with van der Waals surface area (Å²) in [7, 11) is 1.63. The van der Waals surface area contributed by atoms with Crippen LogP contribution >= 0.6 is 0 Å². The molecule has 0 aliphatic carbocycles. The van der Waals surface area contributed by atoms with E-state index in [2.05, 4.69) is 28.6 Å². The second-order valence-electron chi connectivity index (χ2n) is 6.10. The van der Waals surface area contributed by atoms with E-state index in [1.807, 2.05) is 42.5 Å². The van der Waals surface area contributed by atoms with Crippen LogP contribution in [-0.2, 0) is 13.0 Å². The van der Waals surface area contributed by atoms with Crippen molar-refractivity contribution in [2.75, 3.05) is 12.4 Å². The molecule has 2 N–H and O–H groups in total. The lowest BCUT2D eigenvalue weighted by Crippen LogP contribution is -2.22. The Morgan fingerprint density at radius 2 is 1.85 bits per heavy atom. The number of amides is 1. The van der Waals surface area contributed by atoms with Crippen molar-refractivity contribution in [2.24, 2.45) is 0 Å². The molecule has 27 heavy (non-hydrogen) atoms. The van der Waals surface area contributed by atoms with Gasteiger partial charge in [-0.1, -0.05) is 37.3 Å². The fourth-order valence-corrected chi connectivity index (χ4v) is 2.76.